The number of nitrogens with zero attached hydrogens (tertiary/aromatic N) is 3. The van der Waals surface area contributed by atoms with Gasteiger partial charge in [0.15, 0.2) is 17.4 Å². The van der Waals surface area contributed by atoms with Crippen molar-refractivity contribution < 1.29 is 9.59 Å². The summed E-state index contributed by atoms with van der Waals surface area (Å²) in [5, 5.41) is 3.41. The zero-order chi connectivity index (χ0) is 24.2. The number of imide groups is 1. The number of fused-ring (bicyclic) bond motifs is 1. The third kappa shape index (κ3) is 7.76. The number of hydrogen-bond donors (Lipinski definition) is 1. The van der Waals surface area contributed by atoms with Crippen LogP contribution in [0.2, 0.25) is 0 Å². The zero-order valence-electron chi connectivity index (χ0n) is 21.0. The second-order valence-electron chi connectivity index (χ2n) is 9.49. The Morgan fingerprint density at radius 2 is 1.56 bits per heavy atom. The van der Waals surface area contributed by atoms with Crippen LogP contribution in [0.25, 0.3) is 0 Å². The lowest BCUT2D eigenvalue weighted by molar-refractivity contribution is -0.127. The average molecular weight is 487 g/mol. The van der Waals surface area contributed by atoms with Crippen LogP contribution >= 0.6 is 11.8 Å². The Morgan fingerprint density at radius 1 is 0.912 bits per heavy atom. The number of rotatable bonds is 15. The monoisotopic (exact) mass is 486 g/mol. The number of carbonyl (C=O) groups is 2. The predicted molar refractivity (Wildman–Crippen MR) is 142 cm³/mol. The van der Waals surface area contributed by atoms with Crippen LogP contribution in [0.3, 0.4) is 0 Å². The lowest BCUT2D eigenvalue weighted by Crippen LogP contribution is -2.63. The van der Waals surface area contributed by atoms with Gasteiger partial charge in [-0.1, -0.05) is 107 Å². The van der Waals surface area contributed by atoms with Crippen molar-refractivity contribution in [2.45, 2.75) is 96.2 Å². The highest BCUT2D eigenvalue weighted by Gasteiger charge is 2.48. The van der Waals surface area contributed by atoms with E-state index in [4.69, 9.17) is 4.99 Å². The lowest BCUT2D eigenvalue weighted by atomic mass is 10.1. The van der Waals surface area contributed by atoms with Gasteiger partial charge in [0.2, 0.25) is 0 Å². The van der Waals surface area contributed by atoms with Crippen LogP contribution < -0.4 is 5.32 Å². The van der Waals surface area contributed by atoms with E-state index in [0.717, 1.165) is 36.7 Å². The van der Waals surface area contributed by atoms with Crippen LogP contribution in [-0.2, 0) is 11.2 Å². The van der Waals surface area contributed by atoms with Gasteiger partial charge in [0.1, 0.15) is 0 Å². The number of carbonyl (C=O) groups excluding carboxylic acids is 2. The van der Waals surface area contributed by atoms with Crippen LogP contribution in [0.15, 0.2) is 35.3 Å². The molecule has 0 aliphatic carbocycles. The molecule has 34 heavy (non-hydrogen) atoms. The Hall–Kier alpha value is -2.02. The largest absolute Gasteiger partial charge is 0.336 e. The first-order valence-corrected chi connectivity index (χ1v) is 14.2. The molecule has 2 unspecified atom stereocenters. The number of thioether (sulfide) groups is 1. The van der Waals surface area contributed by atoms with E-state index in [0.29, 0.717) is 0 Å². The van der Waals surface area contributed by atoms with Gasteiger partial charge in [0.25, 0.3) is 5.91 Å². The molecule has 1 aromatic carbocycles. The number of nitrogens with one attached hydrogen (secondary N) is 1. The summed E-state index contributed by atoms with van der Waals surface area (Å²) in [6.45, 7) is 3.02. The molecule has 3 amide bonds. The number of unbranched alkanes of at least 4 members (excludes halogenated alkanes) is 9. The van der Waals surface area contributed by atoms with E-state index in [2.05, 4.69) is 41.4 Å². The van der Waals surface area contributed by atoms with Crippen molar-refractivity contribution in [2.24, 2.45) is 4.99 Å². The third-order valence-electron chi connectivity index (χ3n) is 6.76. The van der Waals surface area contributed by atoms with Crippen molar-refractivity contribution in [2.75, 3.05) is 19.3 Å². The molecule has 1 saturated heterocycles. The number of aryl methyl sites for hydroxylation is 1. The minimum Gasteiger partial charge on any atom is -0.336 e. The van der Waals surface area contributed by atoms with Crippen LogP contribution in [-0.4, -0.2) is 58.5 Å². The first-order valence-electron chi connectivity index (χ1n) is 13.2. The quantitative estimate of drug-likeness (QED) is 0.317. The molecule has 188 valence electrons. The highest BCUT2D eigenvalue weighted by Crippen LogP contribution is 2.29. The number of urea groups is 1. The van der Waals surface area contributed by atoms with Crippen molar-refractivity contribution in [3.05, 3.63) is 35.9 Å². The molecular weight excluding hydrogens is 444 g/mol. The van der Waals surface area contributed by atoms with Crippen LogP contribution in [0.5, 0.6) is 0 Å². The Balaban J connectivity index is 1.44. The summed E-state index contributed by atoms with van der Waals surface area (Å²) in [5.41, 5.74) is 1.30. The van der Waals surface area contributed by atoms with E-state index < -0.39 is 12.2 Å². The van der Waals surface area contributed by atoms with Crippen LogP contribution in [0, 0.1) is 0 Å². The molecule has 0 saturated carbocycles. The maximum atomic E-state index is 12.7. The summed E-state index contributed by atoms with van der Waals surface area (Å²) < 4.78 is 0. The minimum atomic E-state index is -0.423. The first kappa shape index (κ1) is 26.6. The molecule has 2 aliphatic heterocycles. The van der Waals surface area contributed by atoms with Crippen molar-refractivity contribution in [3.63, 3.8) is 0 Å². The smallest absolute Gasteiger partial charge is 0.325 e. The van der Waals surface area contributed by atoms with Gasteiger partial charge in [0, 0.05) is 19.3 Å². The van der Waals surface area contributed by atoms with Crippen molar-refractivity contribution >= 4 is 28.9 Å². The maximum absolute atomic E-state index is 12.7. The Bertz CT molecular complexity index is 801. The molecule has 2 aliphatic rings. The molecule has 0 aromatic heterocycles. The van der Waals surface area contributed by atoms with E-state index in [9.17, 15) is 9.59 Å². The summed E-state index contributed by atoms with van der Waals surface area (Å²) in [5.74, 6) is 0.773. The number of hydrogen-bond acceptors (Lipinski definition) is 5. The summed E-state index contributed by atoms with van der Waals surface area (Å²) in [4.78, 5) is 33.3. The molecular formula is C27H42N4O2S. The average Bonchev–Trinajstić information content (AvgIpc) is 3.21. The molecule has 7 heteroatoms. The van der Waals surface area contributed by atoms with Gasteiger partial charge < -0.3 is 9.80 Å². The van der Waals surface area contributed by atoms with Crippen LogP contribution in [0.1, 0.15) is 83.1 Å². The summed E-state index contributed by atoms with van der Waals surface area (Å²) >= 11 is 1.75. The van der Waals surface area contributed by atoms with Gasteiger partial charge >= 0.3 is 6.03 Å². The fourth-order valence-electron chi connectivity index (χ4n) is 4.71. The molecule has 1 aromatic rings. The molecule has 1 N–H and O–H groups in total. The van der Waals surface area contributed by atoms with E-state index in [1.807, 2.05) is 6.07 Å². The van der Waals surface area contributed by atoms with E-state index >= 15 is 0 Å². The number of amidine groups is 1. The topological polar surface area (TPSA) is 65.0 Å². The lowest BCUT2D eigenvalue weighted by Gasteiger charge is -2.36. The van der Waals surface area contributed by atoms with Crippen molar-refractivity contribution in [1.29, 1.82) is 0 Å². The van der Waals surface area contributed by atoms with Gasteiger partial charge in [-0.05, 0) is 24.8 Å². The van der Waals surface area contributed by atoms with E-state index in [-0.39, 0.29) is 11.9 Å². The number of likely N-dealkylation sites (N-methyl/N-ethyl adjacent to an activating group) is 1. The summed E-state index contributed by atoms with van der Waals surface area (Å²) in [6, 6.07) is 9.65. The SMILES string of the molecule is CCCCCCCCCCCCSC1=NC2C(C(=O)NC(=O)N2C)N1CCCc1ccccc1. The molecule has 2 heterocycles. The van der Waals surface area contributed by atoms with E-state index in [1.54, 1.807) is 23.7 Å². The Labute approximate surface area is 209 Å². The zero-order valence-corrected chi connectivity index (χ0v) is 21.8. The van der Waals surface area contributed by atoms with Gasteiger partial charge in [-0.2, -0.15) is 0 Å². The van der Waals surface area contributed by atoms with Crippen LogP contribution in [0.4, 0.5) is 4.79 Å². The molecule has 2 atom stereocenters. The molecule has 3 rings (SSSR count). The fraction of sp³-hybridized carbons (Fsp3) is 0.667. The Morgan fingerprint density at radius 3 is 2.24 bits per heavy atom. The van der Waals surface area contributed by atoms with Gasteiger partial charge in [-0.25, -0.2) is 9.79 Å². The normalized spacial score (nSPS) is 19.9. The predicted octanol–water partition coefficient (Wildman–Crippen LogP) is 5.82. The minimum absolute atomic E-state index is 0.230. The Kier molecular flexibility index (Phi) is 11.3. The number of aliphatic imine (C=N–C) groups is 1. The number of amides is 3. The molecule has 0 spiro atoms. The third-order valence-corrected chi connectivity index (χ3v) is 7.85. The highest BCUT2D eigenvalue weighted by molar-refractivity contribution is 8.13. The second-order valence-corrected chi connectivity index (χ2v) is 10.6. The van der Waals surface area contributed by atoms with Crippen molar-refractivity contribution in [1.82, 2.24) is 15.1 Å². The number of benzene rings is 1. The summed E-state index contributed by atoms with van der Waals surface area (Å²) in [6.07, 6.45) is 14.7. The van der Waals surface area contributed by atoms with Crippen molar-refractivity contribution in [3.8, 4) is 0 Å². The molecule has 0 radical (unpaired) electrons. The standard InChI is InChI=1S/C27H42N4O2S/c1-3-4-5-6-7-8-9-10-11-15-21-34-27-28-24-23(25(32)29-26(33)30(24)2)31(27)20-16-19-22-17-13-12-14-18-22/h12-14,17-18,23-24H,3-11,15-16,19-21H2,1-2H3,(H,29,32,33). The fourth-order valence-corrected chi connectivity index (χ4v) is 5.79. The molecule has 0 bridgehead atoms. The van der Waals surface area contributed by atoms with Gasteiger partial charge in [-0.3, -0.25) is 10.1 Å². The van der Waals surface area contributed by atoms with Gasteiger partial charge in [-0.15, -0.1) is 0 Å². The molecule has 1 fully saturated rings. The van der Waals surface area contributed by atoms with E-state index in [1.165, 1.54) is 63.4 Å². The highest BCUT2D eigenvalue weighted by atomic mass is 32.2. The molecule has 6 nitrogen and oxygen atoms in total. The van der Waals surface area contributed by atoms with Gasteiger partial charge in [0.05, 0.1) is 0 Å². The maximum Gasteiger partial charge on any atom is 0.325 e. The second kappa shape index (κ2) is 14.4. The summed E-state index contributed by atoms with van der Waals surface area (Å²) in [7, 11) is 1.72. The first-order chi connectivity index (χ1) is 16.6.